The van der Waals surface area contributed by atoms with Crippen LogP contribution >= 0.6 is 0 Å². The molecule has 2 aromatic carbocycles. The van der Waals surface area contributed by atoms with E-state index in [0.29, 0.717) is 84.4 Å². The summed E-state index contributed by atoms with van der Waals surface area (Å²) in [5.41, 5.74) is 3.62. The number of carboxylic acids is 2. The van der Waals surface area contributed by atoms with Crippen molar-refractivity contribution < 1.29 is 43.7 Å². The number of fused-ring (bicyclic) bond motifs is 1. The van der Waals surface area contributed by atoms with E-state index in [1.165, 1.54) is 0 Å². The highest BCUT2D eigenvalue weighted by atomic mass is 16.5. The van der Waals surface area contributed by atoms with E-state index in [9.17, 15) is 39.0 Å². The number of carbonyl (C=O) groups is 6. The quantitative estimate of drug-likeness (QED) is 0.0998. The molecular weight excluding hydrogens is 849 g/mol. The number of aryl methyl sites for hydroxylation is 1. The summed E-state index contributed by atoms with van der Waals surface area (Å²) in [4.78, 5) is 85.7. The number of likely N-dealkylation sites (tertiary alicyclic amines) is 2. The number of hydrogen-bond acceptors (Lipinski definition) is 13. The van der Waals surface area contributed by atoms with E-state index in [2.05, 4.69) is 41.9 Å². The maximum atomic E-state index is 13.0. The van der Waals surface area contributed by atoms with Crippen LogP contribution in [0, 0.1) is 18.8 Å². The molecule has 5 heterocycles. The number of hydrogen-bond donors (Lipinski definition) is 8. The maximum absolute atomic E-state index is 13.0. The molecule has 2 unspecified atom stereocenters. The molecule has 358 valence electrons. The van der Waals surface area contributed by atoms with E-state index in [-0.39, 0.29) is 48.3 Å². The van der Waals surface area contributed by atoms with Gasteiger partial charge in [-0.2, -0.15) is 0 Å². The summed E-state index contributed by atoms with van der Waals surface area (Å²) in [6, 6.07) is 12.0. The summed E-state index contributed by atoms with van der Waals surface area (Å²) in [6.45, 7) is 9.39. The van der Waals surface area contributed by atoms with Crippen LogP contribution in [0.1, 0.15) is 98.5 Å². The van der Waals surface area contributed by atoms with E-state index in [1.807, 2.05) is 59.2 Å². The van der Waals surface area contributed by atoms with Crippen molar-refractivity contribution in [3.63, 3.8) is 0 Å². The fourth-order valence-corrected chi connectivity index (χ4v) is 8.77. The van der Waals surface area contributed by atoms with E-state index in [0.717, 1.165) is 85.4 Å². The third-order valence-corrected chi connectivity index (χ3v) is 12.5. The topological polar surface area (TPSA) is 255 Å². The van der Waals surface area contributed by atoms with Crippen molar-refractivity contribution in [1.82, 2.24) is 41.7 Å². The number of piperidine rings is 2. The van der Waals surface area contributed by atoms with Crippen molar-refractivity contribution in [2.24, 2.45) is 21.8 Å². The molecule has 0 saturated carbocycles. The van der Waals surface area contributed by atoms with Crippen LogP contribution in [0.5, 0.6) is 5.75 Å². The van der Waals surface area contributed by atoms with E-state index in [4.69, 9.17) is 4.74 Å². The number of nitrogens with zero attached hydrogens (tertiary/aromatic N) is 4. The smallest absolute Gasteiger partial charge is 0.305 e. The molecule has 0 aromatic heterocycles. The highest BCUT2D eigenvalue weighted by Crippen LogP contribution is 2.30. The van der Waals surface area contributed by atoms with Crippen LogP contribution in [0.2, 0.25) is 0 Å². The molecule has 2 atom stereocenters. The standard InChI is InChI=1S/C24H33N5O5.C23H33N5O4/c30-21(2-1-8-25-24-26-9-10-27-24)29-11-5-16(6-12-29)23(33)28-19(15-22(31)32)17-3-4-20-18(14-17)7-13-34-20;1-16-4-2-5-18(14-16)19(15-21(30)31)27-22(32)17-7-12-28(13-8-17)20(29)6-3-9-24-23-25-10-11-26-23/h3-4,14,16,19H,1-2,5-13,15H2,(H,28,33)(H,31,32)(H2,25,26,27);2,4-5,14,17,19H,3,6-13,15H2,1H3,(H,27,32)(H,30,31)(H2,24,25,26). The Labute approximate surface area is 386 Å². The summed E-state index contributed by atoms with van der Waals surface area (Å²) < 4.78 is 5.53. The van der Waals surface area contributed by atoms with Gasteiger partial charge in [-0.05, 0) is 74.3 Å². The number of aliphatic carboxylic acids is 2. The predicted octanol–water partition coefficient (Wildman–Crippen LogP) is 2.02. The third kappa shape index (κ3) is 15.1. The van der Waals surface area contributed by atoms with Gasteiger partial charge in [0, 0.05) is 83.5 Å². The van der Waals surface area contributed by atoms with Gasteiger partial charge in [-0.25, -0.2) is 0 Å². The van der Waals surface area contributed by atoms with Gasteiger partial charge in [-0.1, -0.05) is 35.9 Å². The second-order valence-electron chi connectivity index (χ2n) is 17.4. The van der Waals surface area contributed by atoms with Crippen LogP contribution in [-0.2, 0) is 35.2 Å². The molecule has 0 bridgehead atoms. The first-order chi connectivity index (χ1) is 31.9. The molecule has 0 aliphatic carbocycles. The average Bonchev–Trinajstić information content (AvgIpc) is 4.13. The third-order valence-electron chi connectivity index (χ3n) is 12.5. The maximum Gasteiger partial charge on any atom is 0.305 e. The Hall–Kier alpha value is -6.40. The van der Waals surface area contributed by atoms with Gasteiger partial charge in [0.15, 0.2) is 11.9 Å². The van der Waals surface area contributed by atoms with Crippen molar-refractivity contribution in [2.45, 2.75) is 89.6 Å². The lowest BCUT2D eigenvalue weighted by molar-refractivity contribution is -0.139. The minimum Gasteiger partial charge on any atom is -0.493 e. The molecule has 2 fully saturated rings. The number of aliphatic imine (C=N–C) groups is 2. The van der Waals surface area contributed by atoms with Crippen LogP contribution in [0.4, 0.5) is 0 Å². The van der Waals surface area contributed by atoms with Crippen LogP contribution in [0.25, 0.3) is 0 Å². The first-order valence-electron chi connectivity index (χ1n) is 23.4. The Balaban J connectivity index is 0.000000219. The summed E-state index contributed by atoms with van der Waals surface area (Å²) in [5, 5.41) is 37.2. The fourth-order valence-electron chi connectivity index (χ4n) is 8.77. The van der Waals surface area contributed by atoms with Crippen LogP contribution in [0.3, 0.4) is 0 Å². The number of rotatable bonds is 18. The number of guanidine groups is 2. The molecule has 0 spiro atoms. The Kier molecular flexibility index (Phi) is 18.4. The largest absolute Gasteiger partial charge is 0.493 e. The van der Waals surface area contributed by atoms with Crippen molar-refractivity contribution >= 4 is 47.5 Å². The molecule has 2 aromatic rings. The number of carbonyl (C=O) groups excluding carboxylic acids is 4. The number of benzene rings is 2. The molecule has 4 amide bonds. The summed E-state index contributed by atoms with van der Waals surface area (Å²) in [5.74, 6) is -0.0230. The Morgan fingerprint density at radius 3 is 1.67 bits per heavy atom. The molecule has 5 aliphatic rings. The van der Waals surface area contributed by atoms with Crippen molar-refractivity contribution in [3.05, 3.63) is 64.7 Å². The number of ether oxygens (including phenoxy) is 1. The summed E-state index contributed by atoms with van der Waals surface area (Å²) in [7, 11) is 0. The van der Waals surface area contributed by atoms with Crippen molar-refractivity contribution in [1.29, 1.82) is 0 Å². The van der Waals surface area contributed by atoms with Crippen molar-refractivity contribution in [3.8, 4) is 5.75 Å². The minimum absolute atomic E-state index is 0.103. The molecule has 66 heavy (non-hydrogen) atoms. The lowest BCUT2D eigenvalue weighted by Gasteiger charge is -2.32. The number of nitrogens with one attached hydrogen (secondary N) is 6. The second kappa shape index (κ2) is 24.8. The normalized spacial score (nSPS) is 17.8. The first kappa shape index (κ1) is 49.0. The van der Waals surface area contributed by atoms with Crippen molar-refractivity contribution in [2.75, 3.05) is 72.1 Å². The Bertz CT molecular complexity index is 2080. The van der Waals surface area contributed by atoms with Gasteiger partial charge in [-0.3, -0.25) is 38.8 Å². The van der Waals surface area contributed by atoms with Gasteiger partial charge in [0.1, 0.15) is 5.75 Å². The molecule has 7 rings (SSSR count). The molecule has 2 saturated heterocycles. The minimum atomic E-state index is -0.965. The van der Waals surface area contributed by atoms with Gasteiger partial charge >= 0.3 is 11.9 Å². The average molecular weight is 915 g/mol. The molecule has 0 radical (unpaired) electrons. The van der Waals surface area contributed by atoms with E-state index in [1.54, 1.807) is 0 Å². The van der Waals surface area contributed by atoms with Crippen LogP contribution < -0.4 is 36.6 Å². The van der Waals surface area contributed by atoms with Crippen LogP contribution in [-0.4, -0.2) is 140 Å². The molecule has 19 heteroatoms. The zero-order valence-corrected chi connectivity index (χ0v) is 37.9. The van der Waals surface area contributed by atoms with E-state index >= 15 is 0 Å². The second-order valence-corrected chi connectivity index (χ2v) is 17.4. The zero-order valence-electron chi connectivity index (χ0n) is 37.9. The summed E-state index contributed by atoms with van der Waals surface area (Å²) >= 11 is 0. The fraction of sp³-hybridized carbons (Fsp3) is 0.574. The zero-order chi connectivity index (χ0) is 46.8. The summed E-state index contributed by atoms with van der Waals surface area (Å²) in [6.07, 6.45) is 5.14. The Morgan fingerprint density at radius 2 is 1.21 bits per heavy atom. The number of amides is 4. The van der Waals surface area contributed by atoms with Gasteiger partial charge in [0.05, 0.1) is 44.6 Å². The highest BCUT2D eigenvalue weighted by Gasteiger charge is 2.31. The van der Waals surface area contributed by atoms with Crippen LogP contribution in [0.15, 0.2) is 52.4 Å². The lowest BCUT2D eigenvalue weighted by atomic mass is 9.94. The van der Waals surface area contributed by atoms with Gasteiger partial charge < -0.3 is 56.7 Å². The van der Waals surface area contributed by atoms with Gasteiger partial charge in [0.25, 0.3) is 0 Å². The molecular formula is C47H66N10O9. The van der Waals surface area contributed by atoms with E-state index < -0.39 is 24.0 Å². The van der Waals surface area contributed by atoms with Gasteiger partial charge in [0.2, 0.25) is 23.6 Å². The Morgan fingerprint density at radius 1 is 0.712 bits per heavy atom. The molecule has 8 N–H and O–H groups in total. The molecule has 19 nitrogen and oxygen atoms in total. The highest BCUT2D eigenvalue weighted by molar-refractivity contribution is 5.83. The first-order valence-corrected chi connectivity index (χ1v) is 23.4. The number of carboxylic acid groups (broad SMARTS) is 2. The monoisotopic (exact) mass is 915 g/mol. The SMILES string of the molecule is Cc1cccc(C(CC(=O)O)NC(=O)C2CCN(C(=O)CCCNC3=NCCN3)CC2)c1.O=C(O)CC(NC(=O)C1CCN(C(=O)CCCNC2=NCCN2)CC1)c1ccc2c(c1)CCO2. The molecule has 5 aliphatic heterocycles. The van der Waals surface area contributed by atoms with Gasteiger partial charge in [-0.15, -0.1) is 0 Å². The predicted molar refractivity (Wildman–Crippen MR) is 247 cm³/mol. The lowest BCUT2D eigenvalue weighted by Crippen LogP contribution is -2.44.